The summed E-state index contributed by atoms with van der Waals surface area (Å²) in [6, 6.07) is 0. The van der Waals surface area contributed by atoms with Crippen LogP contribution in [0.15, 0.2) is 0 Å². The van der Waals surface area contributed by atoms with Crippen molar-refractivity contribution >= 4 is 0 Å². The maximum atomic E-state index is 9.62. The first-order chi connectivity index (χ1) is 7.80. The summed E-state index contributed by atoms with van der Waals surface area (Å²) in [5.74, 6) is 0.583. The summed E-state index contributed by atoms with van der Waals surface area (Å²) in [7, 11) is 0. The second-order valence-electron chi connectivity index (χ2n) is 4.92. The third-order valence-electron chi connectivity index (χ3n) is 3.63. The lowest BCUT2D eigenvalue weighted by Gasteiger charge is -2.33. The van der Waals surface area contributed by atoms with E-state index in [1.807, 2.05) is 0 Å². The van der Waals surface area contributed by atoms with Crippen molar-refractivity contribution in [1.29, 1.82) is 0 Å². The van der Waals surface area contributed by atoms with E-state index in [1.165, 1.54) is 12.8 Å². The predicted octanol–water partition coefficient (Wildman–Crippen LogP) is 0.542. The molecule has 94 valence electrons. The maximum absolute atomic E-state index is 9.62. The second kappa shape index (κ2) is 5.45. The molecule has 2 aliphatic rings. The van der Waals surface area contributed by atoms with Gasteiger partial charge in [0.1, 0.15) is 0 Å². The smallest absolute Gasteiger partial charge is 0.0831 e. The molecule has 0 aromatic heterocycles. The second-order valence-corrected chi connectivity index (χ2v) is 4.92. The Kier molecular flexibility index (Phi) is 4.19. The molecule has 2 unspecified atom stereocenters. The summed E-state index contributed by atoms with van der Waals surface area (Å²) in [5.41, 5.74) is -0.211. The molecule has 2 N–H and O–H groups in total. The molecule has 0 spiro atoms. The molecule has 16 heavy (non-hydrogen) atoms. The maximum Gasteiger partial charge on any atom is 0.0831 e. The van der Waals surface area contributed by atoms with Crippen LogP contribution < -0.4 is 5.32 Å². The highest BCUT2D eigenvalue weighted by Crippen LogP contribution is 2.40. The highest BCUT2D eigenvalue weighted by Gasteiger charge is 2.45. The van der Waals surface area contributed by atoms with Gasteiger partial charge in [0, 0.05) is 6.61 Å². The Morgan fingerprint density at radius 3 is 2.75 bits per heavy atom. The van der Waals surface area contributed by atoms with Crippen LogP contribution >= 0.6 is 0 Å². The summed E-state index contributed by atoms with van der Waals surface area (Å²) in [4.78, 5) is 0. The van der Waals surface area contributed by atoms with Gasteiger partial charge in [-0.25, -0.2) is 0 Å². The molecule has 1 saturated heterocycles. The van der Waals surface area contributed by atoms with Gasteiger partial charge < -0.3 is 19.9 Å². The summed E-state index contributed by atoms with van der Waals surface area (Å²) in [6.07, 6.45) is 3.62. The minimum atomic E-state index is -0.211. The number of aliphatic hydroxyl groups excluding tert-OH is 1. The molecular formula is C12H23NO3. The third-order valence-corrected chi connectivity index (χ3v) is 3.63. The average molecular weight is 229 g/mol. The molecule has 0 radical (unpaired) electrons. The van der Waals surface area contributed by atoms with Crippen LogP contribution in [-0.2, 0) is 9.47 Å². The van der Waals surface area contributed by atoms with Gasteiger partial charge >= 0.3 is 0 Å². The largest absolute Gasteiger partial charge is 0.394 e. The normalized spacial score (nSPS) is 29.2. The van der Waals surface area contributed by atoms with E-state index in [9.17, 15) is 5.11 Å². The van der Waals surface area contributed by atoms with Crippen molar-refractivity contribution in [3.63, 3.8) is 0 Å². The van der Waals surface area contributed by atoms with E-state index in [1.54, 1.807) is 0 Å². The van der Waals surface area contributed by atoms with Crippen molar-refractivity contribution in [2.75, 3.05) is 33.0 Å². The van der Waals surface area contributed by atoms with E-state index in [-0.39, 0.29) is 18.2 Å². The minimum Gasteiger partial charge on any atom is -0.394 e. The highest BCUT2D eigenvalue weighted by molar-refractivity contribution is 5.01. The molecule has 2 rings (SSSR count). The third kappa shape index (κ3) is 2.74. The zero-order valence-electron chi connectivity index (χ0n) is 10.1. The van der Waals surface area contributed by atoms with Crippen molar-refractivity contribution in [3.05, 3.63) is 0 Å². The van der Waals surface area contributed by atoms with Crippen LogP contribution in [-0.4, -0.2) is 49.7 Å². The van der Waals surface area contributed by atoms with Gasteiger partial charge in [-0.3, -0.25) is 0 Å². The molecule has 1 heterocycles. The van der Waals surface area contributed by atoms with Crippen molar-refractivity contribution in [2.24, 2.45) is 5.92 Å². The van der Waals surface area contributed by atoms with Gasteiger partial charge in [-0.2, -0.15) is 0 Å². The Balaban J connectivity index is 1.84. The Labute approximate surface area is 97.3 Å². The van der Waals surface area contributed by atoms with Crippen LogP contribution in [0.4, 0.5) is 0 Å². The number of hydrogen-bond acceptors (Lipinski definition) is 4. The van der Waals surface area contributed by atoms with Crippen LogP contribution in [0.1, 0.15) is 26.2 Å². The molecule has 1 saturated carbocycles. The number of rotatable bonds is 7. The number of ether oxygens (including phenoxy) is 2. The minimum absolute atomic E-state index is 0.166. The van der Waals surface area contributed by atoms with E-state index in [0.29, 0.717) is 19.1 Å². The summed E-state index contributed by atoms with van der Waals surface area (Å²) < 4.78 is 11.1. The summed E-state index contributed by atoms with van der Waals surface area (Å²) in [5, 5.41) is 13.0. The fourth-order valence-corrected chi connectivity index (χ4v) is 2.44. The molecule has 0 bridgehead atoms. The van der Waals surface area contributed by atoms with Crippen LogP contribution in [0.2, 0.25) is 0 Å². The standard InChI is InChI=1S/C12H23NO3/c1-2-13-12(8-14,10-3-4-10)9-16-11-5-6-15-7-11/h10-11,13-14H,2-9H2,1H3. The zero-order chi connectivity index (χ0) is 11.4. The molecule has 2 atom stereocenters. The number of aliphatic hydroxyl groups is 1. The fourth-order valence-electron chi connectivity index (χ4n) is 2.44. The molecule has 0 amide bonds. The lowest BCUT2D eigenvalue weighted by Crippen LogP contribution is -2.54. The van der Waals surface area contributed by atoms with Gasteiger partial charge in [0.15, 0.2) is 0 Å². The Morgan fingerprint density at radius 1 is 1.44 bits per heavy atom. The molecular weight excluding hydrogens is 206 g/mol. The topological polar surface area (TPSA) is 50.7 Å². The number of hydrogen-bond donors (Lipinski definition) is 2. The van der Waals surface area contributed by atoms with Gasteiger partial charge in [-0.15, -0.1) is 0 Å². The molecule has 0 aromatic rings. The van der Waals surface area contributed by atoms with Crippen LogP contribution in [0.5, 0.6) is 0 Å². The number of likely N-dealkylation sites (N-methyl/N-ethyl adjacent to an activating group) is 1. The summed E-state index contributed by atoms with van der Waals surface area (Å²) in [6.45, 7) is 5.24. The highest BCUT2D eigenvalue weighted by atomic mass is 16.5. The van der Waals surface area contributed by atoms with E-state index < -0.39 is 0 Å². The Hall–Kier alpha value is -0.160. The first-order valence-corrected chi connectivity index (χ1v) is 6.36. The predicted molar refractivity (Wildman–Crippen MR) is 61.4 cm³/mol. The Morgan fingerprint density at radius 2 is 2.25 bits per heavy atom. The first-order valence-electron chi connectivity index (χ1n) is 6.36. The first kappa shape index (κ1) is 12.3. The molecule has 2 fully saturated rings. The lowest BCUT2D eigenvalue weighted by atomic mass is 9.95. The monoisotopic (exact) mass is 229 g/mol. The van der Waals surface area contributed by atoms with Crippen LogP contribution in [0, 0.1) is 5.92 Å². The molecule has 0 aromatic carbocycles. The van der Waals surface area contributed by atoms with Gasteiger partial charge in [-0.1, -0.05) is 6.92 Å². The van der Waals surface area contributed by atoms with Crippen LogP contribution in [0.25, 0.3) is 0 Å². The lowest BCUT2D eigenvalue weighted by molar-refractivity contribution is -0.0201. The zero-order valence-corrected chi connectivity index (χ0v) is 10.1. The Bertz CT molecular complexity index is 214. The molecule has 1 aliphatic heterocycles. The molecule has 4 heteroatoms. The number of nitrogens with one attached hydrogen (secondary N) is 1. The van der Waals surface area contributed by atoms with Crippen molar-refractivity contribution in [2.45, 2.75) is 37.8 Å². The van der Waals surface area contributed by atoms with E-state index in [2.05, 4.69) is 12.2 Å². The average Bonchev–Trinajstić information content (AvgIpc) is 3.03. The van der Waals surface area contributed by atoms with Gasteiger partial charge in [0.05, 0.1) is 31.5 Å². The van der Waals surface area contributed by atoms with Gasteiger partial charge in [0.2, 0.25) is 0 Å². The van der Waals surface area contributed by atoms with Crippen molar-refractivity contribution in [3.8, 4) is 0 Å². The van der Waals surface area contributed by atoms with E-state index in [0.717, 1.165) is 19.6 Å². The van der Waals surface area contributed by atoms with E-state index in [4.69, 9.17) is 9.47 Å². The fraction of sp³-hybridized carbons (Fsp3) is 1.00. The van der Waals surface area contributed by atoms with Crippen molar-refractivity contribution in [1.82, 2.24) is 5.32 Å². The summed E-state index contributed by atoms with van der Waals surface area (Å²) >= 11 is 0. The van der Waals surface area contributed by atoms with E-state index >= 15 is 0 Å². The quantitative estimate of drug-likeness (QED) is 0.669. The SMILES string of the molecule is CCNC(CO)(COC1CCOC1)C1CC1. The molecule has 4 nitrogen and oxygen atoms in total. The van der Waals surface area contributed by atoms with Gasteiger partial charge in [0.25, 0.3) is 0 Å². The van der Waals surface area contributed by atoms with Crippen LogP contribution in [0.3, 0.4) is 0 Å². The van der Waals surface area contributed by atoms with Crippen molar-refractivity contribution < 1.29 is 14.6 Å². The van der Waals surface area contributed by atoms with Gasteiger partial charge in [-0.05, 0) is 31.7 Å². The molecule has 1 aliphatic carbocycles.